The molecule has 1 aliphatic heterocycles. The Labute approximate surface area is 152 Å². The predicted molar refractivity (Wildman–Crippen MR) is 105 cm³/mol. The summed E-state index contributed by atoms with van der Waals surface area (Å²) in [4.78, 5) is 6.83. The van der Waals surface area contributed by atoms with Crippen LogP contribution in [0.5, 0.6) is 0 Å². The molecule has 136 valence electrons. The maximum Gasteiger partial charge on any atom is 0.495 e. The molecule has 1 aromatic rings. The van der Waals surface area contributed by atoms with E-state index >= 15 is 0 Å². The lowest BCUT2D eigenvalue weighted by atomic mass is 9.75. The molecule has 0 bridgehead atoms. The lowest BCUT2D eigenvalue weighted by Crippen LogP contribution is -2.41. The van der Waals surface area contributed by atoms with Gasteiger partial charge in [0.05, 0.1) is 23.2 Å². The number of rotatable bonds is 5. The van der Waals surface area contributed by atoms with Gasteiger partial charge in [0.2, 0.25) is 0 Å². The monoisotopic (exact) mass is 342 g/mol. The molecule has 0 unspecified atom stereocenters. The van der Waals surface area contributed by atoms with Crippen LogP contribution in [0.15, 0.2) is 17.1 Å². The van der Waals surface area contributed by atoms with Crippen molar-refractivity contribution in [2.24, 2.45) is 4.99 Å². The number of aliphatic imine (C=N–C) groups is 1. The number of nitrogens with zero attached hydrogens (tertiary/aromatic N) is 2. The van der Waals surface area contributed by atoms with Gasteiger partial charge in [-0.3, -0.25) is 0 Å². The Morgan fingerprint density at radius 1 is 1.20 bits per heavy atom. The Balaban J connectivity index is 1.95. The third kappa shape index (κ3) is 3.63. The lowest BCUT2D eigenvalue weighted by molar-refractivity contribution is 0.00578. The van der Waals surface area contributed by atoms with E-state index in [1.165, 1.54) is 24.0 Å². The summed E-state index contributed by atoms with van der Waals surface area (Å²) in [6, 6.07) is 4.46. The summed E-state index contributed by atoms with van der Waals surface area (Å²) < 4.78 is 12.5. The summed E-state index contributed by atoms with van der Waals surface area (Å²) in [5, 5.41) is 0. The van der Waals surface area contributed by atoms with Gasteiger partial charge in [0.25, 0.3) is 0 Å². The van der Waals surface area contributed by atoms with Crippen LogP contribution in [0.1, 0.15) is 64.5 Å². The van der Waals surface area contributed by atoms with Gasteiger partial charge >= 0.3 is 7.12 Å². The van der Waals surface area contributed by atoms with Crippen LogP contribution >= 0.6 is 0 Å². The van der Waals surface area contributed by atoms with E-state index in [1.54, 1.807) is 0 Å². The van der Waals surface area contributed by atoms with Crippen molar-refractivity contribution in [2.45, 2.75) is 71.5 Å². The van der Waals surface area contributed by atoms with Crippen LogP contribution in [-0.4, -0.2) is 43.2 Å². The van der Waals surface area contributed by atoms with E-state index in [2.05, 4.69) is 58.6 Å². The van der Waals surface area contributed by atoms with Crippen molar-refractivity contribution in [3.63, 3.8) is 0 Å². The first kappa shape index (κ1) is 18.5. The molecular weight excluding hydrogens is 311 g/mol. The van der Waals surface area contributed by atoms with Crippen LogP contribution in [0.3, 0.4) is 0 Å². The SMILES string of the molecule is CCN(C)C=Nc1cc(C)c(B2OC(C)(C)C(C)(C)O2)cc1C1CC1. The molecule has 4 nitrogen and oxygen atoms in total. The largest absolute Gasteiger partial charge is 0.495 e. The van der Waals surface area contributed by atoms with Gasteiger partial charge in [-0.15, -0.1) is 0 Å². The summed E-state index contributed by atoms with van der Waals surface area (Å²) in [5.41, 5.74) is 4.10. The average molecular weight is 342 g/mol. The van der Waals surface area contributed by atoms with E-state index in [4.69, 9.17) is 14.3 Å². The molecule has 0 spiro atoms. The normalized spacial score (nSPS) is 22.0. The van der Waals surface area contributed by atoms with Crippen LogP contribution in [-0.2, 0) is 9.31 Å². The van der Waals surface area contributed by atoms with E-state index in [-0.39, 0.29) is 18.3 Å². The van der Waals surface area contributed by atoms with E-state index < -0.39 is 0 Å². The van der Waals surface area contributed by atoms with Gasteiger partial charge in [0.15, 0.2) is 0 Å². The second-order valence-electron chi connectivity index (χ2n) is 8.45. The second kappa shape index (κ2) is 6.44. The molecule has 5 heteroatoms. The topological polar surface area (TPSA) is 34.1 Å². The molecule has 0 amide bonds. The van der Waals surface area contributed by atoms with Crippen molar-refractivity contribution >= 4 is 24.6 Å². The Hall–Kier alpha value is -1.33. The highest BCUT2D eigenvalue weighted by Crippen LogP contribution is 2.45. The van der Waals surface area contributed by atoms with E-state index in [9.17, 15) is 0 Å². The molecule has 3 rings (SSSR count). The van der Waals surface area contributed by atoms with Gasteiger partial charge in [-0.1, -0.05) is 6.07 Å². The van der Waals surface area contributed by atoms with Gasteiger partial charge in [-0.25, -0.2) is 4.99 Å². The quantitative estimate of drug-likeness (QED) is 0.464. The smallest absolute Gasteiger partial charge is 0.399 e. The Kier molecular flexibility index (Phi) is 4.76. The molecule has 1 aliphatic carbocycles. The summed E-state index contributed by atoms with van der Waals surface area (Å²) in [5.74, 6) is 0.626. The fourth-order valence-electron chi connectivity index (χ4n) is 3.03. The summed E-state index contributed by atoms with van der Waals surface area (Å²) >= 11 is 0. The van der Waals surface area contributed by atoms with Gasteiger partial charge in [0.1, 0.15) is 0 Å². The molecule has 0 aromatic heterocycles. The molecule has 1 heterocycles. The zero-order chi connectivity index (χ0) is 18.4. The number of aryl methyl sites for hydroxylation is 1. The minimum Gasteiger partial charge on any atom is -0.399 e. The zero-order valence-corrected chi connectivity index (χ0v) is 16.7. The first-order valence-electron chi connectivity index (χ1n) is 9.39. The molecule has 1 saturated carbocycles. The first-order chi connectivity index (χ1) is 11.6. The third-order valence-corrected chi connectivity index (χ3v) is 5.83. The number of hydrogen-bond donors (Lipinski definition) is 0. The molecule has 0 radical (unpaired) electrons. The molecule has 2 aliphatic rings. The second-order valence-corrected chi connectivity index (χ2v) is 8.45. The Bertz CT molecular complexity index is 665. The van der Waals surface area contributed by atoms with Crippen LogP contribution in [0.2, 0.25) is 0 Å². The first-order valence-corrected chi connectivity index (χ1v) is 9.39. The van der Waals surface area contributed by atoms with Crippen molar-refractivity contribution in [2.75, 3.05) is 13.6 Å². The van der Waals surface area contributed by atoms with Crippen LogP contribution in [0, 0.1) is 6.92 Å². The van der Waals surface area contributed by atoms with Crippen molar-refractivity contribution in [1.82, 2.24) is 4.90 Å². The fraction of sp³-hybridized carbons (Fsp3) is 0.650. The molecule has 25 heavy (non-hydrogen) atoms. The Morgan fingerprint density at radius 3 is 2.32 bits per heavy atom. The molecule has 1 aromatic carbocycles. The predicted octanol–water partition coefficient (Wildman–Crippen LogP) is 3.78. The molecule has 2 fully saturated rings. The highest BCUT2D eigenvalue weighted by Gasteiger charge is 2.52. The minimum absolute atomic E-state index is 0.307. The van der Waals surface area contributed by atoms with Gasteiger partial charge in [0, 0.05) is 13.6 Å². The maximum absolute atomic E-state index is 6.27. The molecule has 0 N–H and O–H groups in total. The van der Waals surface area contributed by atoms with Crippen LogP contribution < -0.4 is 5.46 Å². The van der Waals surface area contributed by atoms with Gasteiger partial charge < -0.3 is 14.2 Å². The van der Waals surface area contributed by atoms with Crippen molar-refractivity contribution < 1.29 is 9.31 Å². The highest BCUT2D eigenvalue weighted by molar-refractivity contribution is 6.62. The summed E-state index contributed by atoms with van der Waals surface area (Å²) in [6.45, 7) is 13.6. The fourth-order valence-corrected chi connectivity index (χ4v) is 3.03. The lowest BCUT2D eigenvalue weighted by Gasteiger charge is -2.32. The molecular formula is C20H31BN2O2. The van der Waals surface area contributed by atoms with E-state index in [1.807, 2.05) is 13.4 Å². The zero-order valence-electron chi connectivity index (χ0n) is 16.7. The van der Waals surface area contributed by atoms with Crippen molar-refractivity contribution in [3.8, 4) is 0 Å². The van der Waals surface area contributed by atoms with Crippen molar-refractivity contribution in [1.29, 1.82) is 0 Å². The Morgan fingerprint density at radius 2 is 1.80 bits per heavy atom. The standard InChI is InChI=1S/C20H31BN2O2/c1-8-23(7)13-22-18-11-14(2)17(12-16(18)15-9-10-15)21-24-19(3,4)20(5,6)25-21/h11-13,15H,8-10H2,1-7H3. The summed E-state index contributed by atoms with van der Waals surface area (Å²) in [6.07, 6.45) is 4.42. The highest BCUT2D eigenvalue weighted by atomic mass is 16.7. The maximum atomic E-state index is 6.27. The number of hydrogen-bond acceptors (Lipinski definition) is 3. The van der Waals surface area contributed by atoms with Gasteiger partial charge in [-0.2, -0.15) is 0 Å². The van der Waals surface area contributed by atoms with Gasteiger partial charge in [-0.05, 0) is 83.0 Å². The minimum atomic E-state index is -0.315. The average Bonchev–Trinajstić information content (AvgIpc) is 3.32. The number of benzene rings is 1. The third-order valence-electron chi connectivity index (χ3n) is 5.83. The van der Waals surface area contributed by atoms with Crippen LogP contribution in [0.25, 0.3) is 0 Å². The molecule has 0 atom stereocenters. The van der Waals surface area contributed by atoms with E-state index in [0.29, 0.717) is 5.92 Å². The molecule has 1 saturated heterocycles. The van der Waals surface area contributed by atoms with E-state index in [0.717, 1.165) is 17.7 Å². The van der Waals surface area contributed by atoms with Crippen LogP contribution in [0.4, 0.5) is 5.69 Å². The summed E-state index contributed by atoms with van der Waals surface area (Å²) in [7, 11) is 1.74. The van der Waals surface area contributed by atoms with Crippen molar-refractivity contribution in [3.05, 3.63) is 23.3 Å².